The lowest BCUT2D eigenvalue weighted by Crippen LogP contribution is -2.41. The van der Waals surface area contributed by atoms with Gasteiger partial charge in [0.05, 0.1) is 22.6 Å². The standard InChI is InChI=1S/C21H22N6O3S/c1-24-18-17(20(29)25(2)21(24)30)26(12-22-18)11-16(28)27-10-6-5-8-14(27)19-23-13-7-3-4-9-15(13)31-19/h3-4,7,9,12,14H,5-6,8,10-11H2,1-2H3/t14-/m1/s1. The molecule has 9 nitrogen and oxygen atoms in total. The Hall–Kier alpha value is -3.27. The number of nitrogens with zero attached hydrogens (tertiary/aromatic N) is 6. The maximum Gasteiger partial charge on any atom is 0.332 e. The van der Waals surface area contributed by atoms with Crippen LogP contribution in [0.3, 0.4) is 0 Å². The molecular formula is C21H22N6O3S. The number of imidazole rings is 1. The van der Waals surface area contributed by atoms with Gasteiger partial charge in [-0.25, -0.2) is 14.8 Å². The second kappa shape index (κ2) is 7.45. The lowest BCUT2D eigenvalue weighted by molar-refractivity contribution is -0.135. The minimum atomic E-state index is -0.454. The molecule has 3 aromatic heterocycles. The van der Waals surface area contributed by atoms with Gasteiger partial charge >= 0.3 is 5.69 Å². The third kappa shape index (κ3) is 3.18. The van der Waals surface area contributed by atoms with Crippen LogP contribution >= 0.6 is 11.3 Å². The Kier molecular flexibility index (Phi) is 4.73. The molecule has 0 unspecified atom stereocenters. The van der Waals surface area contributed by atoms with Crippen LogP contribution in [0.25, 0.3) is 21.4 Å². The maximum atomic E-state index is 13.3. The zero-order valence-electron chi connectivity index (χ0n) is 17.3. The number of amides is 1. The monoisotopic (exact) mass is 438 g/mol. The van der Waals surface area contributed by atoms with Gasteiger partial charge in [-0.1, -0.05) is 12.1 Å². The third-order valence-electron chi connectivity index (χ3n) is 5.94. The summed E-state index contributed by atoms with van der Waals surface area (Å²) in [6, 6.07) is 7.92. The van der Waals surface area contributed by atoms with Crippen molar-refractivity contribution in [3.8, 4) is 0 Å². The van der Waals surface area contributed by atoms with E-state index in [9.17, 15) is 14.4 Å². The van der Waals surface area contributed by atoms with Gasteiger partial charge < -0.3 is 9.47 Å². The number of carbonyl (C=O) groups excluding carboxylic acids is 1. The number of fused-ring (bicyclic) bond motifs is 2. The number of aryl methyl sites for hydroxylation is 1. The number of piperidine rings is 1. The van der Waals surface area contributed by atoms with Crippen LogP contribution in [0.15, 0.2) is 40.2 Å². The summed E-state index contributed by atoms with van der Waals surface area (Å²) in [6.07, 6.45) is 4.31. The van der Waals surface area contributed by atoms with E-state index in [2.05, 4.69) is 4.98 Å². The molecule has 0 saturated carbocycles. The minimum Gasteiger partial charge on any atom is -0.332 e. The van der Waals surface area contributed by atoms with Gasteiger partial charge in [0.15, 0.2) is 11.2 Å². The Morgan fingerprint density at radius 2 is 1.97 bits per heavy atom. The molecule has 10 heteroatoms. The average molecular weight is 439 g/mol. The summed E-state index contributed by atoms with van der Waals surface area (Å²) in [4.78, 5) is 49.0. The molecule has 5 rings (SSSR count). The van der Waals surface area contributed by atoms with E-state index in [1.54, 1.807) is 23.0 Å². The van der Waals surface area contributed by atoms with Crippen molar-refractivity contribution < 1.29 is 4.79 Å². The second-order valence-electron chi connectivity index (χ2n) is 7.87. The number of para-hydroxylation sites is 1. The predicted octanol–water partition coefficient (Wildman–Crippen LogP) is 1.80. The molecule has 1 saturated heterocycles. The zero-order valence-corrected chi connectivity index (χ0v) is 18.1. The van der Waals surface area contributed by atoms with E-state index >= 15 is 0 Å². The van der Waals surface area contributed by atoms with E-state index in [0.717, 1.165) is 39.1 Å². The van der Waals surface area contributed by atoms with Gasteiger partial charge in [0, 0.05) is 20.6 Å². The summed E-state index contributed by atoms with van der Waals surface area (Å²) in [5.74, 6) is -0.0841. The van der Waals surface area contributed by atoms with E-state index < -0.39 is 11.2 Å². The molecule has 1 aliphatic heterocycles. The highest BCUT2D eigenvalue weighted by Gasteiger charge is 2.31. The Morgan fingerprint density at radius 1 is 1.16 bits per heavy atom. The van der Waals surface area contributed by atoms with Gasteiger partial charge in [0.25, 0.3) is 5.56 Å². The zero-order chi connectivity index (χ0) is 21.7. The Morgan fingerprint density at radius 3 is 2.77 bits per heavy atom. The number of rotatable bonds is 3. The van der Waals surface area contributed by atoms with Crippen molar-refractivity contribution >= 4 is 38.6 Å². The van der Waals surface area contributed by atoms with Gasteiger partial charge in [0.1, 0.15) is 11.6 Å². The summed E-state index contributed by atoms with van der Waals surface area (Å²) < 4.78 is 5.02. The fourth-order valence-electron chi connectivity index (χ4n) is 4.27. The van der Waals surface area contributed by atoms with Crippen LogP contribution in [0.1, 0.15) is 30.3 Å². The molecule has 4 heterocycles. The van der Waals surface area contributed by atoms with Crippen LogP contribution in [-0.4, -0.2) is 41.0 Å². The van der Waals surface area contributed by atoms with E-state index in [1.165, 1.54) is 17.9 Å². The fraction of sp³-hybridized carbons (Fsp3) is 0.381. The molecule has 1 aliphatic rings. The third-order valence-corrected chi connectivity index (χ3v) is 7.08. The van der Waals surface area contributed by atoms with Crippen molar-refractivity contribution in [1.29, 1.82) is 0 Å². The smallest absolute Gasteiger partial charge is 0.332 e. The quantitative estimate of drug-likeness (QED) is 0.486. The van der Waals surface area contributed by atoms with Gasteiger partial charge in [-0.15, -0.1) is 11.3 Å². The van der Waals surface area contributed by atoms with Crippen molar-refractivity contribution in [2.75, 3.05) is 6.54 Å². The van der Waals surface area contributed by atoms with Crippen molar-refractivity contribution in [3.63, 3.8) is 0 Å². The predicted molar refractivity (Wildman–Crippen MR) is 118 cm³/mol. The van der Waals surface area contributed by atoms with E-state index in [-0.39, 0.29) is 29.7 Å². The van der Waals surface area contributed by atoms with Crippen LogP contribution in [0.2, 0.25) is 0 Å². The number of hydrogen-bond donors (Lipinski definition) is 0. The highest BCUT2D eigenvalue weighted by molar-refractivity contribution is 7.18. The lowest BCUT2D eigenvalue weighted by Gasteiger charge is -2.34. The molecule has 4 aromatic rings. The SMILES string of the molecule is Cn1c(=O)c2c(ncn2CC(=O)N2CCCC[C@@H]2c2nc3ccccc3s2)n(C)c1=O. The van der Waals surface area contributed by atoms with E-state index in [0.29, 0.717) is 6.54 Å². The van der Waals surface area contributed by atoms with E-state index in [1.807, 2.05) is 29.2 Å². The Labute approximate surface area is 181 Å². The first kappa shape index (κ1) is 19.7. The highest BCUT2D eigenvalue weighted by atomic mass is 32.1. The normalized spacial score (nSPS) is 17.0. The number of hydrogen-bond acceptors (Lipinski definition) is 6. The Balaban J connectivity index is 1.49. The maximum absolute atomic E-state index is 13.3. The number of carbonyl (C=O) groups is 1. The highest BCUT2D eigenvalue weighted by Crippen LogP contribution is 2.35. The first-order chi connectivity index (χ1) is 15.0. The average Bonchev–Trinajstić information content (AvgIpc) is 3.40. The molecule has 1 aromatic carbocycles. The first-order valence-electron chi connectivity index (χ1n) is 10.2. The summed E-state index contributed by atoms with van der Waals surface area (Å²) in [7, 11) is 2.99. The summed E-state index contributed by atoms with van der Waals surface area (Å²) in [6.45, 7) is 0.647. The Bertz CT molecular complexity index is 1400. The van der Waals surface area contributed by atoms with Crippen molar-refractivity contribution in [2.45, 2.75) is 31.8 Å². The molecule has 0 radical (unpaired) electrons. The number of aromatic nitrogens is 5. The molecular weight excluding hydrogens is 416 g/mol. The van der Waals surface area contributed by atoms with Crippen LogP contribution in [-0.2, 0) is 25.4 Å². The molecule has 160 valence electrons. The van der Waals surface area contributed by atoms with Gasteiger partial charge in [-0.2, -0.15) is 0 Å². The fourth-order valence-corrected chi connectivity index (χ4v) is 5.39. The second-order valence-corrected chi connectivity index (χ2v) is 8.93. The van der Waals surface area contributed by atoms with Crippen LogP contribution in [0, 0.1) is 0 Å². The molecule has 0 spiro atoms. The lowest BCUT2D eigenvalue weighted by atomic mass is 10.0. The molecule has 0 aliphatic carbocycles. The van der Waals surface area contributed by atoms with Crippen molar-refractivity contribution in [1.82, 2.24) is 28.6 Å². The van der Waals surface area contributed by atoms with Crippen LogP contribution in [0.4, 0.5) is 0 Å². The summed E-state index contributed by atoms with van der Waals surface area (Å²) in [5, 5.41) is 0.947. The summed E-state index contributed by atoms with van der Waals surface area (Å²) in [5.41, 5.74) is 0.588. The van der Waals surface area contributed by atoms with Gasteiger partial charge in [-0.3, -0.25) is 18.7 Å². The largest absolute Gasteiger partial charge is 0.332 e. The molecule has 1 atom stereocenters. The number of thiazole rings is 1. The van der Waals surface area contributed by atoms with Gasteiger partial charge in [0.2, 0.25) is 5.91 Å². The first-order valence-corrected chi connectivity index (χ1v) is 11.0. The van der Waals surface area contributed by atoms with E-state index in [4.69, 9.17) is 4.98 Å². The van der Waals surface area contributed by atoms with Crippen molar-refractivity contribution in [2.24, 2.45) is 14.1 Å². The molecule has 31 heavy (non-hydrogen) atoms. The molecule has 0 N–H and O–H groups in total. The topological polar surface area (TPSA) is 95.0 Å². The summed E-state index contributed by atoms with van der Waals surface area (Å²) >= 11 is 1.63. The van der Waals surface area contributed by atoms with Crippen molar-refractivity contribution in [3.05, 3.63) is 56.4 Å². The molecule has 1 fully saturated rings. The molecule has 1 amide bonds. The minimum absolute atomic E-state index is 0.00859. The van der Waals surface area contributed by atoms with Crippen LogP contribution in [0.5, 0.6) is 0 Å². The van der Waals surface area contributed by atoms with Crippen LogP contribution < -0.4 is 11.2 Å². The number of likely N-dealkylation sites (tertiary alicyclic amines) is 1. The van der Waals surface area contributed by atoms with Gasteiger partial charge in [-0.05, 0) is 31.4 Å². The number of benzene rings is 1. The molecule has 0 bridgehead atoms.